The lowest BCUT2D eigenvalue weighted by molar-refractivity contribution is 0.0957. The van der Waals surface area contributed by atoms with E-state index in [1.54, 1.807) is 7.11 Å². The van der Waals surface area contributed by atoms with E-state index in [1.807, 2.05) is 31.2 Å². The zero-order valence-corrected chi connectivity index (χ0v) is 15.7. The van der Waals surface area contributed by atoms with Crippen molar-refractivity contribution in [2.24, 2.45) is 0 Å². The molecule has 1 amide bonds. The van der Waals surface area contributed by atoms with Crippen molar-refractivity contribution in [3.8, 4) is 5.75 Å². The summed E-state index contributed by atoms with van der Waals surface area (Å²) in [6.45, 7) is 5.66. The maximum Gasteiger partial charge on any atom is 0.263 e. The second-order valence-corrected chi connectivity index (χ2v) is 7.45. The van der Waals surface area contributed by atoms with E-state index >= 15 is 0 Å². The van der Waals surface area contributed by atoms with Gasteiger partial charge in [0.25, 0.3) is 5.91 Å². The first-order valence-corrected chi connectivity index (χ1v) is 9.57. The minimum absolute atomic E-state index is 0.0226. The highest BCUT2D eigenvalue weighted by Crippen LogP contribution is 2.21. The topological polar surface area (TPSA) is 54.5 Å². The number of nitrogens with one attached hydrogen (secondary N) is 1. The van der Waals surface area contributed by atoms with Crippen LogP contribution in [0.25, 0.3) is 0 Å². The lowest BCUT2D eigenvalue weighted by Gasteiger charge is -2.11. The third-order valence-corrected chi connectivity index (χ3v) is 5.58. The van der Waals surface area contributed by atoms with E-state index in [0.29, 0.717) is 6.54 Å². The van der Waals surface area contributed by atoms with Crippen LogP contribution in [-0.4, -0.2) is 42.5 Å². The van der Waals surface area contributed by atoms with Crippen LogP contribution in [0.15, 0.2) is 24.3 Å². The molecule has 1 N–H and O–H groups in total. The highest BCUT2D eigenvalue weighted by molar-refractivity contribution is 7.13. The smallest absolute Gasteiger partial charge is 0.263 e. The fourth-order valence-corrected chi connectivity index (χ4v) is 4.11. The molecule has 1 saturated heterocycles. The van der Waals surface area contributed by atoms with Crippen molar-refractivity contribution < 1.29 is 9.53 Å². The van der Waals surface area contributed by atoms with Crippen LogP contribution in [0.3, 0.4) is 0 Å². The quantitative estimate of drug-likeness (QED) is 0.826. The lowest BCUT2D eigenvalue weighted by atomic mass is 10.1. The second-order valence-electron chi connectivity index (χ2n) is 6.36. The molecule has 0 atom stereocenters. The molecule has 0 radical (unpaired) electrons. The first-order chi connectivity index (χ1) is 12.2. The number of nitrogens with zero attached hydrogens (tertiary/aromatic N) is 2. The van der Waals surface area contributed by atoms with Gasteiger partial charge in [-0.15, -0.1) is 11.3 Å². The van der Waals surface area contributed by atoms with Crippen LogP contribution < -0.4 is 10.1 Å². The standard InChI is InChI=1S/C19H25N3O2S/c1-14-18(25-17(21-14)13-22-10-3-4-11-22)19(23)20-9-8-15-6-5-7-16(12-15)24-2/h5-7,12H,3-4,8-11,13H2,1-2H3,(H,20,23). The van der Waals surface area contributed by atoms with Crippen LogP contribution in [0, 0.1) is 6.92 Å². The molecule has 1 aromatic carbocycles. The number of thiazole rings is 1. The van der Waals surface area contributed by atoms with Gasteiger partial charge in [-0.05, 0) is 57.0 Å². The summed E-state index contributed by atoms with van der Waals surface area (Å²) in [6.07, 6.45) is 3.31. The van der Waals surface area contributed by atoms with Gasteiger partial charge in [0.2, 0.25) is 0 Å². The summed E-state index contributed by atoms with van der Waals surface area (Å²) in [7, 11) is 1.66. The minimum Gasteiger partial charge on any atom is -0.497 e. The number of benzene rings is 1. The first-order valence-electron chi connectivity index (χ1n) is 8.75. The molecule has 0 unspecified atom stereocenters. The molecule has 3 rings (SSSR count). The first kappa shape index (κ1) is 17.9. The number of carbonyl (C=O) groups excluding carboxylic acids is 1. The third kappa shape index (κ3) is 4.80. The number of methoxy groups -OCH3 is 1. The second kappa shape index (κ2) is 8.45. The number of aryl methyl sites for hydroxylation is 1. The maximum atomic E-state index is 12.5. The van der Waals surface area contributed by atoms with Gasteiger partial charge in [0.15, 0.2) is 0 Å². The number of ether oxygens (including phenoxy) is 1. The van der Waals surface area contributed by atoms with Crippen molar-refractivity contribution in [1.82, 2.24) is 15.2 Å². The van der Waals surface area contributed by atoms with Crippen LogP contribution in [-0.2, 0) is 13.0 Å². The highest BCUT2D eigenvalue weighted by Gasteiger charge is 2.18. The van der Waals surface area contributed by atoms with Crippen molar-refractivity contribution in [2.75, 3.05) is 26.7 Å². The SMILES string of the molecule is COc1cccc(CCNC(=O)c2sc(CN3CCCC3)nc2C)c1. The number of hydrogen-bond donors (Lipinski definition) is 1. The van der Waals surface area contributed by atoms with E-state index in [9.17, 15) is 4.79 Å². The van der Waals surface area contributed by atoms with Crippen molar-refractivity contribution in [3.63, 3.8) is 0 Å². The number of hydrogen-bond acceptors (Lipinski definition) is 5. The van der Waals surface area contributed by atoms with Crippen molar-refractivity contribution in [1.29, 1.82) is 0 Å². The summed E-state index contributed by atoms with van der Waals surface area (Å²) in [5, 5.41) is 4.05. The molecular weight excluding hydrogens is 334 g/mol. The van der Waals surface area contributed by atoms with Crippen LogP contribution in [0.2, 0.25) is 0 Å². The fraction of sp³-hybridized carbons (Fsp3) is 0.474. The van der Waals surface area contributed by atoms with E-state index in [1.165, 1.54) is 24.2 Å². The van der Waals surface area contributed by atoms with Crippen LogP contribution in [0.5, 0.6) is 5.75 Å². The van der Waals surface area contributed by atoms with E-state index in [2.05, 4.69) is 15.2 Å². The Labute approximate surface area is 153 Å². The van der Waals surface area contributed by atoms with Gasteiger partial charge in [-0.1, -0.05) is 12.1 Å². The molecule has 0 bridgehead atoms. The van der Waals surface area contributed by atoms with E-state index in [-0.39, 0.29) is 5.91 Å². The largest absolute Gasteiger partial charge is 0.497 e. The van der Waals surface area contributed by atoms with Crippen LogP contribution in [0.4, 0.5) is 0 Å². The Balaban J connectivity index is 1.53. The van der Waals surface area contributed by atoms with Gasteiger partial charge in [0, 0.05) is 6.54 Å². The average Bonchev–Trinajstić information content (AvgIpc) is 3.25. The molecular formula is C19H25N3O2S. The molecule has 134 valence electrons. The van der Waals surface area contributed by atoms with Gasteiger partial charge in [0.05, 0.1) is 19.3 Å². The molecule has 2 aromatic rings. The Bertz CT molecular complexity index is 723. The van der Waals surface area contributed by atoms with Crippen molar-refractivity contribution >= 4 is 17.2 Å². The lowest BCUT2D eigenvalue weighted by Crippen LogP contribution is -2.25. The van der Waals surface area contributed by atoms with E-state index < -0.39 is 0 Å². The number of rotatable bonds is 7. The Kier molecular flexibility index (Phi) is 6.04. The van der Waals surface area contributed by atoms with Gasteiger partial charge < -0.3 is 10.1 Å². The predicted octanol–water partition coefficient (Wildman–Crippen LogP) is 3.03. The number of aromatic nitrogens is 1. The summed E-state index contributed by atoms with van der Waals surface area (Å²) in [5.74, 6) is 0.819. The fourth-order valence-electron chi connectivity index (χ4n) is 3.09. The molecule has 1 fully saturated rings. The van der Waals surface area contributed by atoms with Crippen molar-refractivity contribution in [2.45, 2.75) is 32.7 Å². The zero-order chi connectivity index (χ0) is 17.6. The molecule has 0 saturated carbocycles. The summed E-state index contributed by atoms with van der Waals surface area (Å²) < 4.78 is 5.23. The molecule has 1 aromatic heterocycles. The molecule has 2 heterocycles. The van der Waals surface area contributed by atoms with Gasteiger partial charge >= 0.3 is 0 Å². The molecule has 1 aliphatic heterocycles. The molecule has 0 aliphatic carbocycles. The molecule has 0 spiro atoms. The summed E-state index contributed by atoms with van der Waals surface area (Å²) in [4.78, 5) is 20.2. The van der Waals surface area contributed by atoms with Gasteiger partial charge in [-0.2, -0.15) is 0 Å². The maximum absolute atomic E-state index is 12.5. The average molecular weight is 359 g/mol. The van der Waals surface area contributed by atoms with Gasteiger partial charge in [-0.25, -0.2) is 4.98 Å². The Hall–Kier alpha value is -1.92. The Morgan fingerprint density at radius 2 is 2.16 bits per heavy atom. The number of amides is 1. The van der Waals surface area contributed by atoms with Gasteiger partial charge in [-0.3, -0.25) is 9.69 Å². The predicted molar refractivity (Wildman–Crippen MR) is 100 cm³/mol. The van der Waals surface area contributed by atoms with E-state index in [4.69, 9.17) is 4.74 Å². The van der Waals surface area contributed by atoms with E-state index in [0.717, 1.165) is 52.9 Å². The number of carbonyl (C=O) groups is 1. The summed E-state index contributed by atoms with van der Waals surface area (Å²) in [6, 6.07) is 7.93. The third-order valence-electron chi connectivity index (χ3n) is 4.44. The molecule has 1 aliphatic rings. The highest BCUT2D eigenvalue weighted by atomic mass is 32.1. The van der Waals surface area contributed by atoms with Crippen LogP contribution in [0.1, 0.15) is 38.8 Å². The zero-order valence-electron chi connectivity index (χ0n) is 14.9. The summed E-state index contributed by atoms with van der Waals surface area (Å²) in [5.41, 5.74) is 1.98. The monoisotopic (exact) mass is 359 g/mol. The molecule has 5 nitrogen and oxygen atoms in total. The summed E-state index contributed by atoms with van der Waals surface area (Å²) >= 11 is 1.52. The molecule has 6 heteroatoms. The molecule has 25 heavy (non-hydrogen) atoms. The normalized spacial score (nSPS) is 14.6. The van der Waals surface area contributed by atoms with Crippen LogP contribution >= 0.6 is 11.3 Å². The van der Waals surface area contributed by atoms with Gasteiger partial charge in [0.1, 0.15) is 15.6 Å². The van der Waals surface area contributed by atoms with Crippen molar-refractivity contribution in [3.05, 3.63) is 45.4 Å². The Morgan fingerprint density at radius 3 is 2.92 bits per heavy atom. The number of likely N-dealkylation sites (tertiary alicyclic amines) is 1. The Morgan fingerprint density at radius 1 is 1.36 bits per heavy atom. The minimum atomic E-state index is -0.0226.